The van der Waals surface area contributed by atoms with E-state index in [0.29, 0.717) is 38.2 Å². The van der Waals surface area contributed by atoms with E-state index in [2.05, 4.69) is 0 Å². The van der Waals surface area contributed by atoms with Crippen molar-refractivity contribution in [3.05, 3.63) is 11.3 Å². The average Bonchev–Trinajstić information content (AvgIpc) is 3.68. The molecular weight excluding hydrogens is 892 g/mol. The third-order valence-corrected chi connectivity index (χ3v) is 17.7. The molecule has 8 aliphatic rings. The number of fused-ring (bicyclic) bond motifs is 2. The number of aliphatic hydroxyl groups is 5. The number of methoxy groups -OCH3 is 1. The van der Waals surface area contributed by atoms with Crippen LogP contribution < -0.4 is 63.3 Å². The number of β-lactam (4-membered cyclic amide) rings is 1. The Bertz CT molecular complexity index is 1890. The molecule has 26 heteroatoms. The monoisotopic (exact) mass is 956 g/mol. The van der Waals surface area contributed by atoms with E-state index in [4.69, 9.17) is 52.4 Å². The van der Waals surface area contributed by atoms with E-state index >= 15 is 0 Å². The number of carbonyl (C=O) groups excluding carboxylic acids is 3. The van der Waals surface area contributed by atoms with Gasteiger partial charge in [0, 0.05) is 58.5 Å². The van der Waals surface area contributed by atoms with Gasteiger partial charge in [-0.3, -0.25) is 19.4 Å². The molecular formula is C39H65N8NaO16S. The zero-order valence-electron chi connectivity index (χ0n) is 37.0. The van der Waals surface area contributed by atoms with Crippen LogP contribution in [0.1, 0.15) is 51.9 Å². The number of rotatable bonds is 10. The Morgan fingerprint density at radius 2 is 1.46 bits per heavy atom. The molecule has 0 bridgehead atoms. The standard InChI is InChI=1S/C21H29N3O7S.C18H37N5O9.Na/c1-13-15(17(27)23-9-7-22(8-10-23)11-14(25)26)24-18(28)16(31-2)19(24)32(29,30)21(13)12-20(21)5-3-4-6-20;19-3-9-8(25)2-7(22)17(29-9)31-15-5(20)1-6(21)16(14(15)28)32-18-13(27)11(23)12(26)10(4-24)30-18;/h16,19H,3-12H2,1-2H3,(H,25,26);5-18,24-28H,1-4,19-23H2;/q;;+1/p-1/t16-,19+,21?;5-,6+,7+,8-,9+,10+,11-,12+,13+,14-,15+,16-,17+,18+;/m00./s1. The Labute approximate surface area is 399 Å². The molecule has 5 heterocycles. The number of hydrogen-bond acceptors (Lipinski definition) is 22. The second-order valence-electron chi connectivity index (χ2n) is 18.5. The number of hydrogen-bond donors (Lipinski definition) is 10. The van der Waals surface area contributed by atoms with Gasteiger partial charge >= 0.3 is 29.6 Å². The van der Waals surface area contributed by atoms with Gasteiger partial charge in [0.1, 0.15) is 47.1 Å². The van der Waals surface area contributed by atoms with Crippen molar-refractivity contribution in [1.29, 1.82) is 0 Å². The van der Waals surface area contributed by atoms with Gasteiger partial charge in [0.25, 0.3) is 11.8 Å². The minimum Gasteiger partial charge on any atom is -0.549 e. The number of aliphatic hydroxyl groups excluding tert-OH is 5. The van der Waals surface area contributed by atoms with Crippen LogP contribution in [0.5, 0.6) is 0 Å². The topological polar surface area (TPSA) is 396 Å². The number of carboxylic acids is 1. The van der Waals surface area contributed by atoms with Gasteiger partial charge in [0.05, 0.1) is 36.9 Å². The summed E-state index contributed by atoms with van der Waals surface area (Å²) in [4.78, 5) is 41.8. The molecule has 3 saturated carbocycles. The third kappa shape index (κ3) is 9.21. The molecule has 5 aliphatic heterocycles. The normalized spacial score (nSPS) is 43.3. The molecule has 1 unspecified atom stereocenters. The predicted molar refractivity (Wildman–Crippen MR) is 218 cm³/mol. The SMILES string of the molecule is CO[C@H]1C(=O)N2C(C(=O)N3CCN(CC(=O)[O-])CC3)=C(C)C3(CC34CCCC4)S(=O)(=O)[C@H]12.NC[C@H]1O[C@H](O[C@H]2[C@H](O)[C@@H](O[C@H]3O[C@H](CO)[C@@H](O)[C@H](N)[C@H]3O)[C@H](N)C[C@@H]2N)[C@H](N)C[C@@H]1O.[Na+]. The zero-order valence-corrected chi connectivity index (χ0v) is 39.8. The third-order valence-electron chi connectivity index (χ3n) is 14.8. The molecule has 4 saturated heterocycles. The maximum atomic E-state index is 13.8. The van der Waals surface area contributed by atoms with E-state index in [1.807, 2.05) is 0 Å². The summed E-state index contributed by atoms with van der Waals surface area (Å²) in [6, 6.07) is -3.27. The second kappa shape index (κ2) is 20.4. The first-order chi connectivity index (χ1) is 30.2. The van der Waals surface area contributed by atoms with Crippen molar-refractivity contribution >= 4 is 27.6 Å². The molecule has 0 aromatic carbocycles. The molecule has 15 N–H and O–H groups in total. The van der Waals surface area contributed by atoms with Crippen molar-refractivity contribution in [2.75, 3.05) is 53.0 Å². The number of piperazine rings is 1. The molecule has 65 heavy (non-hydrogen) atoms. The first-order valence-electron chi connectivity index (χ1n) is 21.9. The van der Waals surface area contributed by atoms with E-state index in [1.165, 1.54) is 7.11 Å². The molecule has 8 rings (SSSR count). The van der Waals surface area contributed by atoms with Crippen LogP contribution in [0.15, 0.2) is 11.3 Å². The van der Waals surface area contributed by atoms with E-state index in [1.54, 1.807) is 16.7 Å². The van der Waals surface area contributed by atoms with Crippen molar-refractivity contribution in [1.82, 2.24) is 14.7 Å². The maximum absolute atomic E-state index is 13.8. The molecule has 3 aliphatic carbocycles. The van der Waals surface area contributed by atoms with E-state index in [0.717, 1.165) is 30.6 Å². The maximum Gasteiger partial charge on any atom is 1.00 e. The molecule has 0 radical (unpaired) electrons. The number of sulfone groups is 1. The summed E-state index contributed by atoms with van der Waals surface area (Å²) in [5.74, 6) is -2.04. The summed E-state index contributed by atoms with van der Waals surface area (Å²) in [6.07, 6.45) is -7.80. The molecule has 2 spiro atoms. The summed E-state index contributed by atoms with van der Waals surface area (Å²) in [5.41, 5.74) is 30.1. The van der Waals surface area contributed by atoms with Crippen LogP contribution in [0.3, 0.4) is 0 Å². The van der Waals surface area contributed by atoms with Gasteiger partial charge in [-0.2, -0.15) is 0 Å². The van der Waals surface area contributed by atoms with Gasteiger partial charge in [-0.25, -0.2) is 8.42 Å². The van der Waals surface area contributed by atoms with Crippen LogP contribution in [0.4, 0.5) is 0 Å². The van der Waals surface area contributed by atoms with Crippen molar-refractivity contribution in [3.8, 4) is 0 Å². The fraction of sp³-hybridized carbons (Fsp3) is 0.872. The summed E-state index contributed by atoms with van der Waals surface area (Å²) < 4.78 is 54.5. The minimum atomic E-state index is -3.77. The van der Waals surface area contributed by atoms with Crippen molar-refractivity contribution < 1.29 is 107 Å². The van der Waals surface area contributed by atoms with Gasteiger partial charge in [0.15, 0.2) is 33.9 Å². The van der Waals surface area contributed by atoms with Gasteiger partial charge < -0.3 is 92.7 Å². The summed E-state index contributed by atoms with van der Waals surface area (Å²) in [5, 5.41) is 60.4. The number of carbonyl (C=O) groups is 3. The molecule has 0 aromatic heterocycles. The number of nitrogens with zero attached hydrogens (tertiary/aromatic N) is 3. The molecule has 0 aromatic rings. The first-order valence-corrected chi connectivity index (χ1v) is 23.4. The summed E-state index contributed by atoms with van der Waals surface area (Å²) >= 11 is 0. The first kappa shape index (κ1) is 52.8. The molecule has 24 nitrogen and oxygen atoms in total. The van der Waals surface area contributed by atoms with Crippen LogP contribution >= 0.6 is 0 Å². The second-order valence-corrected chi connectivity index (χ2v) is 20.8. The van der Waals surface area contributed by atoms with Crippen LogP contribution in [-0.4, -0.2) is 221 Å². The number of nitrogens with two attached hydrogens (primary N) is 5. The van der Waals surface area contributed by atoms with Crippen LogP contribution in [0.25, 0.3) is 0 Å². The predicted octanol–water partition coefficient (Wildman–Crippen LogP) is -10.8. The largest absolute Gasteiger partial charge is 1.00 e. The van der Waals surface area contributed by atoms with Crippen molar-refractivity contribution in [2.24, 2.45) is 34.1 Å². The Balaban J connectivity index is 0.000000212. The van der Waals surface area contributed by atoms with E-state index in [9.17, 15) is 53.4 Å². The smallest absolute Gasteiger partial charge is 0.549 e. The fourth-order valence-electron chi connectivity index (χ4n) is 11.1. The minimum absolute atomic E-state index is 0. The average molecular weight is 957 g/mol. The number of aliphatic carboxylic acids is 1. The number of carboxylic acid groups (broad SMARTS) is 1. The Hall–Kier alpha value is -1.54. The quantitative estimate of drug-likeness (QED) is 0.0718. The van der Waals surface area contributed by atoms with Crippen molar-refractivity contribution in [3.63, 3.8) is 0 Å². The molecule has 2 amide bonds. The summed E-state index contributed by atoms with van der Waals surface area (Å²) in [7, 11) is -2.45. The van der Waals surface area contributed by atoms with Gasteiger partial charge in [-0.05, 0) is 50.0 Å². The Morgan fingerprint density at radius 1 is 0.877 bits per heavy atom. The number of amides is 2. The Morgan fingerprint density at radius 3 is 2.02 bits per heavy atom. The van der Waals surface area contributed by atoms with E-state index in [-0.39, 0.29) is 72.5 Å². The zero-order chi connectivity index (χ0) is 46.8. The fourth-order valence-corrected chi connectivity index (χ4v) is 14.4. The van der Waals surface area contributed by atoms with Crippen LogP contribution in [-0.2, 0) is 47.9 Å². The van der Waals surface area contributed by atoms with Gasteiger partial charge in [-0.1, -0.05) is 12.8 Å². The Kier molecular flexibility index (Phi) is 16.6. The molecule has 7 fully saturated rings. The van der Waals surface area contributed by atoms with Crippen LogP contribution in [0.2, 0.25) is 0 Å². The van der Waals surface area contributed by atoms with Crippen molar-refractivity contribution in [2.45, 2.75) is 154 Å². The van der Waals surface area contributed by atoms with Gasteiger partial charge in [-0.15, -0.1) is 0 Å². The molecule has 364 valence electrons. The number of ether oxygens (including phenoxy) is 5. The van der Waals surface area contributed by atoms with Gasteiger partial charge in [0.2, 0.25) is 0 Å². The summed E-state index contributed by atoms with van der Waals surface area (Å²) in [6.45, 7) is 2.35. The van der Waals surface area contributed by atoms with E-state index < -0.39 is 130 Å². The molecule has 17 atom stereocenters. The van der Waals surface area contributed by atoms with Crippen LogP contribution in [0, 0.1) is 5.41 Å².